The number of rotatable bonds is 1. The Morgan fingerprint density at radius 2 is 2.11 bits per heavy atom. The number of amides is 1. The molecule has 6 heteroatoms. The molecule has 0 unspecified atom stereocenters. The zero-order valence-corrected chi connectivity index (χ0v) is 12.7. The highest BCUT2D eigenvalue weighted by molar-refractivity contribution is 9.10. The normalized spacial score (nSPS) is 16.6. The van der Waals surface area contributed by atoms with Crippen LogP contribution in [0.5, 0.6) is 0 Å². The highest BCUT2D eigenvalue weighted by Crippen LogP contribution is 2.26. The van der Waals surface area contributed by atoms with E-state index in [4.69, 9.17) is 4.74 Å². The van der Waals surface area contributed by atoms with Crippen LogP contribution in [0.3, 0.4) is 0 Å². The second kappa shape index (κ2) is 4.57. The van der Waals surface area contributed by atoms with Gasteiger partial charge in [-0.2, -0.15) is 5.10 Å². The molecule has 1 aliphatic rings. The number of aromatic nitrogens is 2. The van der Waals surface area contributed by atoms with Crippen LogP contribution in [-0.2, 0) is 4.74 Å². The molecule has 1 aromatic heterocycles. The smallest absolute Gasteiger partial charge is 0.410 e. The van der Waals surface area contributed by atoms with E-state index >= 15 is 0 Å². The third-order valence-electron chi connectivity index (χ3n) is 2.84. The molecule has 1 aliphatic heterocycles. The van der Waals surface area contributed by atoms with E-state index in [1.807, 2.05) is 32.4 Å². The van der Waals surface area contributed by atoms with Crippen molar-refractivity contribution < 1.29 is 9.53 Å². The number of ether oxygens (including phenoxy) is 1. The molecule has 0 atom stereocenters. The summed E-state index contributed by atoms with van der Waals surface area (Å²) in [6.07, 6.45) is 1.54. The molecule has 0 aliphatic carbocycles. The molecule has 0 saturated carbocycles. The average molecular weight is 316 g/mol. The van der Waals surface area contributed by atoms with Crippen LogP contribution in [0.4, 0.5) is 4.79 Å². The fourth-order valence-corrected chi connectivity index (χ4v) is 2.13. The Hall–Kier alpha value is -1.04. The van der Waals surface area contributed by atoms with Crippen LogP contribution in [0.15, 0.2) is 10.7 Å². The van der Waals surface area contributed by atoms with Crippen LogP contribution in [0, 0.1) is 6.92 Å². The first kappa shape index (κ1) is 13.4. The van der Waals surface area contributed by atoms with Gasteiger partial charge in [-0.1, -0.05) is 0 Å². The van der Waals surface area contributed by atoms with Crippen molar-refractivity contribution in [3.05, 3.63) is 16.4 Å². The van der Waals surface area contributed by atoms with Gasteiger partial charge in [0, 0.05) is 18.8 Å². The maximum Gasteiger partial charge on any atom is 0.410 e. The number of likely N-dealkylation sites (tertiary alicyclic amines) is 1. The van der Waals surface area contributed by atoms with Crippen molar-refractivity contribution in [2.24, 2.45) is 0 Å². The lowest BCUT2D eigenvalue weighted by Gasteiger charge is -2.40. The van der Waals surface area contributed by atoms with E-state index in [-0.39, 0.29) is 12.1 Å². The van der Waals surface area contributed by atoms with Crippen molar-refractivity contribution in [3.63, 3.8) is 0 Å². The maximum atomic E-state index is 11.8. The van der Waals surface area contributed by atoms with Gasteiger partial charge < -0.3 is 9.64 Å². The maximum absolute atomic E-state index is 11.8. The first-order valence-corrected chi connectivity index (χ1v) is 6.75. The molecule has 1 fully saturated rings. The first-order valence-electron chi connectivity index (χ1n) is 5.95. The minimum absolute atomic E-state index is 0.248. The van der Waals surface area contributed by atoms with Crippen LogP contribution in [0.1, 0.15) is 32.5 Å². The topological polar surface area (TPSA) is 47.4 Å². The minimum Gasteiger partial charge on any atom is -0.444 e. The second-order valence-electron chi connectivity index (χ2n) is 5.56. The van der Waals surface area contributed by atoms with E-state index in [2.05, 4.69) is 21.0 Å². The lowest BCUT2D eigenvalue weighted by molar-refractivity contribution is -0.000667. The van der Waals surface area contributed by atoms with Gasteiger partial charge in [0.15, 0.2) is 0 Å². The van der Waals surface area contributed by atoms with E-state index in [0.29, 0.717) is 13.1 Å². The van der Waals surface area contributed by atoms with Crippen molar-refractivity contribution >= 4 is 22.0 Å². The largest absolute Gasteiger partial charge is 0.444 e. The van der Waals surface area contributed by atoms with Gasteiger partial charge in [0.05, 0.1) is 16.7 Å². The lowest BCUT2D eigenvalue weighted by Crippen LogP contribution is -2.52. The Balaban J connectivity index is 1.91. The molecule has 0 N–H and O–H groups in total. The second-order valence-corrected chi connectivity index (χ2v) is 6.42. The van der Waals surface area contributed by atoms with Crippen molar-refractivity contribution in [1.29, 1.82) is 0 Å². The van der Waals surface area contributed by atoms with Gasteiger partial charge in [-0.3, -0.25) is 4.68 Å². The first-order chi connectivity index (χ1) is 8.28. The summed E-state index contributed by atoms with van der Waals surface area (Å²) in [5.41, 5.74) is 0.649. The van der Waals surface area contributed by atoms with E-state index in [9.17, 15) is 4.79 Å². The van der Waals surface area contributed by atoms with Crippen LogP contribution >= 0.6 is 15.9 Å². The number of hydrogen-bond donors (Lipinski definition) is 0. The molecule has 2 heterocycles. The van der Waals surface area contributed by atoms with Gasteiger partial charge in [0.2, 0.25) is 0 Å². The van der Waals surface area contributed by atoms with Gasteiger partial charge in [0.25, 0.3) is 0 Å². The van der Waals surface area contributed by atoms with E-state index in [0.717, 1.165) is 10.2 Å². The van der Waals surface area contributed by atoms with Crippen molar-refractivity contribution in [2.45, 2.75) is 39.3 Å². The van der Waals surface area contributed by atoms with Crippen LogP contribution in [-0.4, -0.2) is 39.5 Å². The summed E-state index contributed by atoms with van der Waals surface area (Å²) < 4.78 is 8.26. The van der Waals surface area contributed by atoms with Gasteiger partial charge in [-0.05, 0) is 43.6 Å². The summed E-state index contributed by atoms with van der Waals surface area (Å²) in [7, 11) is 0. The van der Waals surface area contributed by atoms with Crippen LogP contribution < -0.4 is 0 Å². The molecule has 0 radical (unpaired) electrons. The highest BCUT2D eigenvalue weighted by atomic mass is 79.9. The molecular formula is C12H18BrN3O2. The number of carbonyl (C=O) groups is 1. The third-order valence-corrected chi connectivity index (χ3v) is 3.62. The zero-order chi connectivity index (χ0) is 13.5. The summed E-state index contributed by atoms with van der Waals surface area (Å²) in [6.45, 7) is 8.94. The Bertz CT molecular complexity index is 458. The monoisotopic (exact) mass is 315 g/mol. The third kappa shape index (κ3) is 2.68. The molecule has 2 rings (SSSR count). The summed E-state index contributed by atoms with van der Waals surface area (Å²) in [4.78, 5) is 13.5. The fourth-order valence-electron chi connectivity index (χ4n) is 1.86. The highest BCUT2D eigenvalue weighted by Gasteiger charge is 2.35. The summed E-state index contributed by atoms with van der Waals surface area (Å²) in [6, 6.07) is 0.254. The fraction of sp³-hybridized carbons (Fsp3) is 0.667. The number of hydrogen-bond acceptors (Lipinski definition) is 3. The van der Waals surface area contributed by atoms with Crippen LogP contribution in [0.2, 0.25) is 0 Å². The zero-order valence-electron chi connectivity index (χ0n) is 11.1. The standard InChI is InChI=1S/C12H18BrN3O2/c1-8-10(13)5-14-16(8)9-6-15(7-9)11(17)18-12(2,3)4/h5,9H,6-7H2,1-4H3. The van der Waals surface area contributed by atoms with Crippen molar-refractivity contribution in [3.8, 4) is 0 Å². The van der Waals surface area contributed by atoms with E-state index in [1.165, 1.54) is 0 Å². The Labute approximate surface area is 115 Å². The number of nitrogens with zero attached hydrogens (tertiary/aromatic N) is 3. The molecule has 0 spiro atoms. The minimum atomic E-state index is -0.438. The lowest BCUT2D eigenvalue weighted by atomic mass is 10.1. The molecule has 0 aromatic carbocycles. The molecule has 100 valence electrons. The number of carbonyl (C=O) groups excluding carboxylic acids is 1. The van der Waals surface area contributed by atoms with Crippen molar-refractivity contribution in [1.82, 2.24) is 14.7 Å². The molecule has 0 bridgehead atoms. The summed E-state index contributed by atoms with van der Waals surface area (Å²) in [5, 5.41) is 4.30. The van der Waals surface area contributed by atoms with Gasteiger partial charge in [0.1, 0.15) is 5.60 Å². The SMILES string of the molecule is Cc1c(Br)cnn1C1CN(C(=O)OC(C)(C)C)C1. The summed E-state index contributed by atoms with van der Waals surface area (Å²) >= 11 is 3.43. The van der Waals surface area contributed by atoms with E-state index < -0.39 is 5.60 Å². The average Bonchev–Trinajstić information content (AvgIpc) is 2.44. The number of halogens is 1. The molecular weight excluding hydrogens is 298 g/mol. The molecule has 5 nitrogen and oxygen atoms in total. The molecule has 1 amide bonds. The van der Waals surface area contributed by atoms with Crippen molar-refractivity contribution in [2.75, 3.05) is 13.1 Å². The predicted octanol–water partition coefficient (Wildman–Crippen LogP) is 2.75. The summed E-state index contributed by atoms with van der Waals surface area (Å²) in [5.74, 6) is 0. The predicted molar refractivity (Wildman–Crippen MR) is 71.5 cm³/mol. The Morgan fingerprint density at radius 3 is 2.56 bits per heavy atom. The van der Waals surface area contributed by atoms with Crippen LogP contribution in [0.25, 0.3) is 0 Å². The van der Waals surface area contributed by atoms with Gasteiger partial charge >= 0.3 is 6.09 Å². The Morgan fingerprint density at radius 1 is 1.50 bits per heavy atom. The van der Waals surface area contributed by atoms with E-state index in [1.54, 1.807) is 11.1 Å². The quantitative estimate of drug-likeness (QED) is 0.800. The molecule has 1 saturated heterocycles. The van der Waals surface area contributed by atoms with Gasteiger partial charge in [-0.15, -0.1) is 0 Å². The molecule has 1 aromatic rings. The van der Waals surface area contributed by atoms with Gasteiger partial charge in [-0.25, -0.2) is 4.79 Å². The molecule has 18 heavy (non-hydrogen) atoms. The Kier molecular flexibility index (Phi) is 3.40.